The molecule has 7 atom stereocenters. The second kappa shape index (κ2) is 27.2. The number of amides is 6. The average molecular weight is 1110 g/mol. The van der Waals surface area contributed by atoms with E-state index in [9.17, 15) is 4.79 Å². The maximum absolute atomic E-state index is 15.4. The summed E-state index contributed by atoms with van der Waals surface area (Å²) in [6, 6.07) is 33.1. The summed E-state index contributed by atoms with van der Waals surface area (Å²) in [5.41, 5.74) is 9.84. The molecule has 3 saturated heterocycles. The molecule has 9 N–H and O–H groups in total. The molecule has 0 unspecified atom stereocenters. The Hall–Kier alpha value is -8.06. The molecule has 418 valence electrons. The Bertz CT molecular complexity index is 3100. The third-order valence-electron chi connectivity index (χ3n) is 15.1. The van der Waals surface area contributed by atoms with Crippen molar-refractivity contribution in [2.45, 2.75) is 94.3 Å². The van der Waals surface area contributed by atoms with E-state index in [2.05, 4.69) is 36.9 Å². The van der Waals surface area contributed by atoms with E-state index >= 15 is 28.8 Å². The van der Waals surface area contributed by atoms with Gasteiger partial charge < -0.3 is 57.0 Å². The van der Waals surface area contributed by atoms with E-state index in [-0.39, 0.29) is 57.7 Å². The van der Waals surface area contributed by atoms with Crippen molar-refractivity contribution in [3.63, 3.8) is 0 Å². The Morgan fingerprint density at radius 3 is 2.05 bits per heavy atom. The number of halogens is 1. The zero-order valence-electron chi connectivity index (χ0n) is 44.4. The number of fused-ring (bicyclic) bond motifs is 2. The summed E-state index contributed by atoms with van der Waals surface area (Å²) in [5, 5.41) is 19.1. The van der Waals surface area contributed by atoms with E-state index in [4.69, 9.17) is 26.8 Å². The number of benzene rings is 5. The summed E-state index contributed by atoms with van der Waals surface area (Å²) in [6.45, 7) is 1.76. The number of Topliss-reactive ketones (excluding diaryl/α,β-unsaturated/α-hetero) is 1. The number of alkyl carbamates (subject to hydrolysis) is 1. The van der Waals surface area contributed by atoms with Crippen LogP contribution in [0, 0.1) is 11.8 Å². The molecule has 6 amide bonds. The number of hydrogen-bond donors (Lipinski definition) is 8. The zero-order valence-corrected chi connectivity index (χ0v) is 45.1. The third-order valence-corrected chi connectivity index (χ3v) is 15.4. The Morgan fingerprint density at radius 1 is 0.675 bits per heavy atom. The lowest BCUT2D eigenvalue weighted by molar-refractivity contribution is -0.143. The maximum Gasteiger partial charge on any atom is 0.407 e. The molecular weight excluding hydrogens is 1040 g/mol. The normalized spacial score (nSPS) is 22.7. The SMILES string of the molecule is NCCNC(=O)O[C@@H]1C[C@H]2C(=O)N[C@@H](c3ccccc3)C(=O)N[C@H](Cc3c[nH]c4ccccc34)C(=O)C[C@@H](CC3CCNCC3)C(=O)N[C@@H](Cc3ccc(OCc4ccccc4)cc3)C(=O)N[C@@H](Cc3ccc(Cl)cc3)C(=O)N2C1. The van der Waals surface area contributed by atoms with Gasteiger partial charge in [0.25, 0.3) is 0 Å². The summed E-state index contributed by atoms with van der Waals surface area (Å²) >= 11 is 6.31. The van der Waals surface area contributed by atoms with Gasteiger partial charge in [0.05, 0.1) is 12.6 Å². The summed E-state index contributed by atoms with van der Waals surface area (Å²) in [6.07, 6.45) is 1.24. The number of carbonyl (C=O) groups is 7. The molecule has 3 fully saturated rings. The summed E-state index contributed by atoms with van der Waals surface area (Å²) in [7, 11) is 0. The molecular formula is C61H68ClN9O9. The molecule has 0 aliphatic carbocycles. The van der Waals surface area contributed by atoms with Crippen molar-refractivity contribution in [3.8, 4) is 5.75 Å². The molecule has 0 saturated carbocycles. The van der Waals surface area contributed by atoms with Crippen LogP contribution in [0.4, 0.5) is 4.79 Å². The number of nitrogens with zero attached hydrogens (tertiary/aromatic N) is 1. The van der Waals surface area contributed by atoms with Crippen molar-refractivity contribution >= 4 is 63.9 Å². The molecule has 9 rings (SSSR count). The summed E-state index contributed by atoms with van der Waals surface area (Å²) < 4.78 is 11.8. The number of H-pyrrole nitrogens is 1. The zero-order chi connectivity index (χ0) is 56.0. The first-order chi connectivity index (χ1) is 38.9. The van der Waals surface area contributed by atoms with Gasteiger partial charge in [-0.25, -0.2) is 4.79 Å². The van der Waals surface area contributed by atoms with Crippen LogP contribution in [-0.2, 0) is 59.4 Å². The molecule has 0 bridgehead atoms. The molecule has 18 nitrogen and oxygen atoms in total. The molecule has 3 aliphatic heterocycles. The van der Waals surface area contributed by atoms with Crippen molar-refractivity contribution < 1.29 is 43.0 Å². The van der Waals surface area contributed by atoms with Gasteiger partial charge in [-0.05, 0) is 96.4 Å². The lowest BCUT2D eigenvalue weighted by Crippen LogP contribution is -2.59. The number of aromatic nitrogens is 1. The highest BCUT2D eigenvalue weighted by Crippen LogP contribution is 2.29. The molecule has 0 spiro atoms. The minimum Gasteiger partial charge on any atom is -0.489 e. The number of piperidine rings is 1. The molecule has 1 aromatic heterocycles. The van der Waals surface area contributed by atoms with E-state index in [0.29, 0.717) is 40.5 Å². The molecule has 6 aromatic rings. The van der Waals surface area contributed by atoms with Crippen LogP contribution >= 0.6 is 11.6 Å². The van der Waals surface area contributed by atoms with Crippen LogP contribution < -0.4 is 42.4 Å². The number of ether oxygens (including phenoxy) is 2. The van der Waals surface area contributed by atoms with Gasteiger partial charge >= 0.3 is 6.09 Å². The molecule has 4 heterocycles. The maximum atomic E-state index is 15.4. The number of aromatic amines is 1. The van der Waals surface area contributed by atoms with Gasteiger partial charge in [0.1, 0.15) is 42.6 Å². The van der Waals surface area contributed by atoms with Crippen LogP contribution in [0.15, 0.2) is 140 Å². The van der Waals surface area contributed by atoms with Gasteiger partial charge in [-0.3, -0.25) is 28.8 Å². The smallest absolute Gasteiger partial charge is 0.407 e. The lowest BCUT2D eigenvalue weighted by Gasteiger charge is -2.32. The lowest BCUT2D eigenvalue weighted by atomic mass is 9.83. The quantitative estimate of drug-likeness (QED) is 0.0649. The first kappa shape index (κ1) is 56.7. The van der Waals surface area contributed by atoms with Gasteiger partial charge in [-0.2, -0.15) is 0 Å². The molecule has 19 heteroatoms. The summed E-state index contributed by atoms with van der Waals surface area (Å²) in [4.78, 5) is 109. The number of ketones is 1. The van der Waals surface area contributed by atoms with E-state index in [1.165, 1.54) is 4.90 Å². The molecule has 0 radical (unpaired) electrons. The predicted molar refractivity (Wildman–Crippen MR) is 302 cm³/mol. The first-order valence-corrected chi connectivity index (χ1v) is 27.7. The van der Waals surface area contributed by atoms with Gasteiger partial charge in [-0.15, -0.1) is 0 Å². The van der Waals surface area contributed by atoms with Crippen molar-refractivity contribution in [1.29, 1.82) is 0 Å². The Kier molecular flexibility index (Phi) is 19.3. The number of para-hydroxylation sites is 1. The van der Waals surface area contributed by atoms with Gasteiger partial charge in [-0.1, -0.05) is 115 Å². The van der Waals surface area contributed by atoms with Crippen LogP contribution in [0.25, 0.3) is 10.9 Å². The molecule has 80 heavy (non-hydrogen) atoms. The third kappa shape index (κ3) is 15.0. The van der Waals surface area contributed by atoms with E-state index in [0.717, 1.165) is 48.0 Å². The Labute approximate surface area is 469 Å². The standard InChI is InChI=1S/C61H68ClN9O9/c62-45-19-15-38(16-20-45)31-52-60(77)71-36-47(80-61(78)65-28-25-63)34-53(71)58(75)70-55(42-11-5-2-6-12-42)59(76)67-50(32-44-35-66-49-14-8-7-13-48(44)49)54(72)33-43(29-40-23-26-64-27-24-40)56(73)68-51(57(74)69-52)30-39-17-21-46(22-18-39)79-37-41-9-3-1-4-10-41/h1-22,35,40,43,47,50-53,55,64,66H,23-34,36-37,63H2,(H,65,78)(H,67,76)(H,68,73)(H,69,74)(H,70,75)/t43-,47-,50-,51+,52+,53+,55+/m1/s1. The van der Waals surface area contributed by atoms with Gasteiger partial charge in [0, 0.05) is 73.2 Å². The number of rotatable bonds is 15. The highest BCUT2D eigenvalue weighted by atomic mass is 35.5. The van der Waals surface area contributed by atoms with E-state index < -0.39 is 83.6 Å². The van der Waals surface area contributed by atoms with E-state index in [1.807, 2.05) is 54.6 Å². The fourth-order valence-electron chi connectivity index (χ4n) is 10.9. The van der Waals surface area contributed by atoms with Crippen LogP contribution in [0.1, 0.15) is 66.0 Å². The fourth-order valence-corrected chi connectivity index (χ4v) is 11.0. The van der Waals surface area contributed by atoms with Crippen LogP contribution in [0.2, 0.25) is 5.02 Å². The van der Waals surface area contributed by atoms with Gasteiger partial charge in [0.15, 0.2) is 5.78 Å². The highest BCUT2D eigenvalue weighted by Gasteiger charge is 2.45. The fraction of sp³-hybridized carbons (Fsp3) is 0.361. The van der Waals surface area contributed by atoms with Crippen LogP contribution in [0.3, 0.4) is 0 Å². The van der Waals surface area contributed by atoms with Gasteiger partial charge in [0.2, 0.25) is 29.5 Å². The Morgan fingerprint density at radius 2 is 1.32 bits per heavy atom. The highest BCUT2D eigenvalue weighted by molar-refractivity contribution is 6.30. The topological polar surface area (TPSA) is 255 Å². The minimum absolute atomic E-state index is 0.0326. The largest absolute Gasteiger partial charge is 0.489 e. The second-order valence-electron chi connectivity index (χ2n) is 20.8. The van der Waals surface area contributed by atoms with Crippen LogP contribution in [-0.4, -0.2) is 114 Å². The monoisotopic (exact) mass is 1110 g/mol. The number of hydrogen-bond acceptors (Lipinski definition) is 11. The number of carbonyl (C=O) groups excluding carboxylic acids is 7. The molecule has 3 aliphatic rings. The summed E-state index contributed by atoms with van der Waals surface area (Å²) in [5.74, 6) is -4.13. The van der Waals surface area contributed by atoms with E-state index in [1.54, 1.807) is 85.1 Å². The number of nitrogens with one attached hydrogen (secondary N) is 7. The average Bonchev–Trinajstić information content (AvgIpc) is 4.11. The Balaban J connectivity index is 1.12. The minimum atomic E-state index is -1.39. The first-order valence-electron chi connectivity index (χ1n) is 27.4. The van der Waals surface area contributed by atoms with Crippen molar-refractivity contribution in [1.82, 2.24) is 41.8 Å². The number of nitrogens with two attached hydrogens (primary N) is 1. The van der Waals surface area contributed by atoms with Crippen molar-refractivity contribution in [3.05, 3.63) is 172 Å². The van der Waals surface area contributed by atoms with Crippen LogP contribution in [0.5, 0.6) is 5.75 Å². The second-order valence-corrected chi connectivity index (χ2v) is 21.3. The predicted octanol–water partition coefficient (Wildman–Crippen LogP) is 5.37. The molecule has 5 aromatic carbocycles. The van der Waals surface area contributed by atoms with Crippen molar-refractivity contribution in [2.75, 3.05) is 32.7 Å². The van der Waals surface area contributed by atoms with Crippen molar-refractivity contribution in [2.24, 2.45) is 17.6 Å².